The third-order valence-electron chi connectivity index (χ3n) is 5.66. The van der Waals surface area contributed by atoms with Crippen molar-refractivity contribution < 1.29 is 81.0 Å². The summed E-state index contributed by atoms with van der Waals surface area (Å²) in [5.74, 6) is -1.50. The number of carboxylic acid groups (broad SMARTS) is 2. The summed E-state index contributed by atoms with van der Waals surface area (Å²) in [5, 5.41) is 32.3. The number of carbonyl (C=O) groups is 2. The minimum Gasteiger partial charge on any atom is -1.00 e. The van der Waals surface area contributed by atoms with E-state index in [2.05, 4.69) is 14.8 Å². The van der Waals surface area contributed by atoms with Gasteiger partial charge in [0.05, 0.1) is 24.7 Å². The molecule has 0 N–H and O–H groups in total. The van der Waals surface area contributed by atoms with Gasteiger partial charge in [0, 0.05) is 32.4 Å². The van der Waals surface area contributed by atoms with E-state index in [1.807, 2.05) is 38.4 Å². The Morgan fingerprint density at radius 2 is 1.27 bits per heavy atom. The normalized spacial score (nSPS) is 9.48. The van der Waals surface area contributed by atoms with Crippen molar-refractivity contribution in [3.05, 3.63) is 126 Å². The predicted octanol–water partition coefficient (Wildman–Crippen LogP) is -1.17. The van der Waals surface area contributed by atoms with Gasteiger partial charge in [-0.05, 0) is 55.1 Å². The van der Waals surface area contributed by atoms with Crippen LogP contribution >= 0.6 is 0 Å². The summed E-state index contributed by atoms with van der Waals surface area (Å²) in [6.45, 7) is 3.08. The fourth-order valence-electron chi connectivity index (χ4n) is 3.47. The predicted molar refractivity (Wildman–Crippen MR) is 151 cm³/mol. The van der Waals surface area contributed by atoms with Gasteiger partial charge in [-0.25, -0.2) is 0 Å². The van der Waals surface area contributed by atoms with E-state index < -0.39 is 11.9 Å². The van der Waals surface area contributed by atoms with Crippen LogP contribution in [-0.4, -0.2) is 61.0 Å². The van der Waals surface area contributed by atoms with Gasteiger partial charge in [-0.1, -0.05) is 72.8 Å². The van der Waals surface area contributed by atoms with Crippen molar-refractivity contribution in [2.45, 2.75) is 13.1 Å². The number of benzene rings is 3. The standard InChI is InChI=1S/C18H25N3O2.2C7H6O2.ClH.2Zn/c1-20(2)10-11-21(14-16-6-4-5-9-19-16)13-15-12-17(23-3)7-8-18(15)22;2*8-7(9)6-4-2-1-3-5-6;;;/h4-9,12,22H,10-11,13-14H2,1-3H3;2*1-5H,(H,8,9);1H;;/q;;;;2*+2/p-4. The molecule has 44 heavy (non-hydrogen) atoms. The Morgan fingerprint density at radius 3 is 1.68 bits per heavy atom. The van der Waals surface area contributed by atoms with E-state index in [0.717, 1.165) is 24.3 Å². The number of hydrogen-bond acceptors (Lipinski definition) is 9. The summed E-state index contributed by atoms with van der Waals surface area (Å²) >= 11 is 0. The molecule has 0 spiro atoms. The number of rotatable bonds is 10. The second kappa shape index (κ2) is 24.2. The third kappa shape index (κ3) is 17.2. The number of methoxy groups -OCH3 is 1. The van der Waals surface area contributed by atoms with Crippen molar-refractivity contribution in [3.8, 4) is 11.5 Å². The first-order valence-electron chi connectivity index (χ1n) is 12.8. The van der Waals surface area contributed by atoms with Gasteiger partial charge in [0.1, 0.15) is 5.75 Å². The zero-order valence-corrected chi connectivity index (χ0v) is 31.9. The Hall–Kier alpha value is -3.19. The Labute approximate surface area is 290 Å². The summed E-state index contributed by atoms with van der Waals surface area (Å²) in [6.07, 6.45) is 1.80. The maximum Gasteiger partial charge on any atom is 2.00 e. The van der Waals surface area contributed by atoms with Gasteiger partial charge in [0.2, 0.25) is 0 Å². The second-order valence-electron chi connectivity index (χ2n) is 9.12. The largest absolute Gasteiger partial charge is 2.00 e. The van der Waals surface area contributed by atoms with E-state index in [0.29, 0.717) is 18.8 Å². The molecule has 0 atom stereocenters. The number of carbonyl (C=O) groups excluding carboxylic acids is 2. The number of ether oxygens (including phenoxy) is 1. The Balaban J connectivity index is 0. The van der Waals surface area contributed by atoms with Crippen LogP contribution in [0.5, 0.6) is 11.5 Å². The van der Waals surface area contributed by atoms with Gasteiger partial charge in [-0.15, -0.1) is 5.75 Å². The first-order chi connectivity index (χ1) is 19.7. The molecule has 0 aliphatic heterocycles. The van der Waals surface area contributed by atoms with Gasteiger partial charge in [0.25, 0.3) is 0 Å². The number of nitrogens with zero attached hydrogens (tertiary/aromatic N) is 3. The van der Waals surface area contributed by atoms with Crippen molar-refractivity contribution in [2.75, 3.05) is 34.3 Å². The van der Waals surface area contributed by atoms with Crippen molar-refractivity contribution in [3.63, 3.8) is 0 Å². The van der Waals surface area contributed by atoms with Gasteiger partial charge < -0.3 is 47.0 Å². The summed E-state index contributed by atoms with van der Waals surface area (Å²) < 4.78 is 5.23. The number of likely N-dealkylation sites (N-methyl/N-ethyl adjacent to an activating group) is 1. The summed E-state index contributed by atoms with van der Waals surface area (Å²) in [5.41, 5.74) is 2.19. The zero-order valence-electron chi connectivity index (χ0n) is 25.2. The molecule has 4 aromatic rings. The molecule has 1 heterocycles. The minimum atomic E-state index is -1.13. The number of halogens is 1. The van der Waals surface area contributed by atoms with Crippen LogP contribution in [0.4, 0.5) is 0 Å². The molecule has 224 valence electrons. The molecule has 0 amide bonds. The molecule has 9 nitrogen and oxygen atoms in total. The molecule has 4 rings (SSSR count). The minimum absolute atomic E-state index is 0. The molecular formula is C32H34ClN3O6Zn2. The molecule has 0 fully saturated rings. The zero-order chi connectivity index (χ0) is 30.0. The second-order valence-corrected chi connectivity index (χ2v) is 9.12. The third-order valence-corrected chi connectivity index (χ3v) is 5.66. The van der Waals surface area contributed by atoms with Crippen LogP contribution in [0.1, 0.15) is 32.0 Å². The van der Waals surface area contributed by atoms with Crippen molar-refractivity contribution in [2.24, 2.45) is 0 Å². The molecule has 0 radical (unpaired) electrons. The smallest absolute Gasteiger partial charge is 1.00 e. The van der Waals surface area contributed by atoms with E-state index in [1.54, 1.807) is 61.8 Å². The average molecular weight is 723 g/mol. The molecular weight excluding hydrogens is 689 g/mol. The number of hydrogen-bond donors (Lipinski definition) is 0. The van der Waals surface area contributed by atoms with Gasteiger partial charge in [-0.3, -0.25) is 9.88 Å². The molecule has 0 bridgehead atoms. The van der Waals surface area contributed by atoms with E-state index >= 15 is 0 Å². The van der Waals surface area contributed by atoms with Crippen LogP contribution in [0.3, 0.4) is 0 Å². The SMILES string of the molecule is COc1ccc([O-])c(CN(CCN(C)C)Cc2ccccn2)c1.O=C([O-])c1ccccc1.O=C([O-])c1ccccc1.[Cl-].[Zn+2].[Zn+2]. The van der Waals surface area contributed by atoms with Gasteiger partial charge in [-0.2, -0.15) is 0 Å². The number of aromatic nitrogens is 1. The average Bonchev–Trinajstić information content (AvgIpc) is 2.99. The number of carboxylic acids is 2. The van der Waals surface area contributed by atoms with Crippen LogP contribution in [0.2, 0.25) is 0 Å². The van der Waals surface area contributed by atoms with Crippen LogP contribution in [0, 0.1) is 0 Å². The number of pyridine rings is 1. The Kier molecular flexibility index (Phi) is 23.6. The van der Waals surface area contributed by atoms with Crippen molar-refractivity contribution in [1.29, 1.82) is 0 Å². The molecule has 0 saturated heterocycles. The molecule has 0 aliphatic carbocycles. The molecule has 0 unspecified atom stereocenters. The van der Waals surface area contributed by atoms with E-state index in [1.165, 1.54) is 24.3 Å². The van der Waals surface area contributed by atoms with Crippen LogP contribution in [0.15, 0.2) is 103 Å². The molecule has 0 saturated carbocycles. The maximum atomic E-state index is 12.1. The van der Waals surface area contributed by atoms with Crippen LogP contribution in [-0.2, 0) is 52.0 Å². The summed E-state index contributed by atoms with van der Waals surface area (Å²) in [7, 11) is 5.70. The van der Waals surface area contributed by atoms with E-state index in [9.17, 15) is 24.9 Å². The first-order valence-corrected chi connectivity index (χ1v) is 12.8. The van der Waals surface area contributed by atoms with E-state index in [-0.39, 0.29) is 68.2 Å². The summed E-state index contributed by atoms with van der Waals surface area (Å²) in [4.78, 5) is 28.9. The van der Waals surface area contributed by atoms with Gasteiger partial charge in [0.15, 0.2) is 0 Å². The van der Waals surface area contributed by atoms with Crippen molar-refractivity contribution in [1.82, 2.24) is 14.8 Å². The fourth-order valence-corrected chi connectivity index (χ4v) is 3.47. The maximum absolute atomic E-state index is 12.1. The fraction of sp³-hybridized carbons (Fsp3) is 0.219. The quantitative estimate of drug-likeness (QED) is 0.186. The Morgan fingerprint density at radius 1 is 0.750 bits per heavy atom. The molecule has 3 aromatic carbocycles. The molecule has 1 aromatic heterocycles. The monoisotopic (exact) mass is 719 g/mol. The Bertz CT molecular complexity index is 1290. The van der Waals surface area contributed by atoms with E-state index in [4.69, 9.17) is 4.74 Å². The summed E-state index contributed by atoms with van der Waals surface area (Å²) in [6, 6.07) is 27.1. The molecule has 12 heteroatoms. The van der Waals surface area contributed by atoms with Crippen LogP contribution in [0.25, 0.3) is 0 Å². The topological polar surface area (TPSA) is 132 Å². The van der Waals surface area contributed by atoms with Crippen molar-refractivity contribution >= 4 is 11.9 Å². The number of aromatic carboxylic acids is 2. The molecule has 0 aliphatic rings. The van der Waals surface area contributed by atoms with Crippen LogP contribution < -0.4 is 32.5 Å². The van der Waals surface area contributed by atoms with Gasteiger partial charge >= 0.3 is 39.0 Å². The first kappa shape index (κ1) is 42.9.